The molecule has 2 N–H and O–H groups in total. The number of methoxy groups -OCH3 is 1. The lowest BCUT2D eigenvalue weighted by Gasteiger charge is -2.36. The number of nitrogens with zero attached hydrogens (tertiary/aromatic N) is 2. The van der Waals surface area contributed by atoms with Crippen LogP contribution in [0.1, 0.15) is 50.8 Å². The van der Waals surface area contributed by atoms with E-state index in [-0.39, 0.29) is 31.1 Å². The van der Waals surface area contributed by atoms with Crippen molar-refractivity contribution in [3.05, 3.63) is 59.2 Å². The number of ether oxygens (including phenoxy) is 2. The summed E-state index contributed by atoms with van der Waals surface area (Å²) in [6.07, 6.45) is 2.15. The Labute approximate surface area is 211 Å². The molecule has 0 bridgehead atoms. The van der Waals surface area contributed by atoms with E-state index in [0.717, 1.165) is 12.1 Å². The molecule has 2 aromatic carbocycles. The Hall–Kier alpha value is -3.37. The molecule has 3 heterocycles. The molecule has 1 saturated heterocycles. The molecule has 0 unspecified atom stereocenters. The van der Waals surface area contributed by atoms with Crippen molar-refractivity contribution in [1.82, 2.24) is 14.8 Å². The van der Waals surface area contributed by atoms with Crippen molar-refractivity contribution < 1.29 is 32.5 Å². The van der Waals surface area contributed by atoms with Crippen LogP contribution in [0.2, 0.25) is 0 Å². The largest absolute Gasteiger partial charge is 0.479 e. The standard InChI is InChI=1S/C27H28F3N3O4/c1-26(2,13-36-4)24-20(14-7-8-27(3,25(34)35)37-12-14)21-19(9-15-11-31-32-23(15)22(21)30)33(24)16-5-6-17(28)18(29)10-16/h5-6,9-11,14H,7-8,12-13H2,1-4H3,(H,31,32)(H,34,35)/t14-,27+/m1/s1. The first kappa shape index (κ1) is 25.3. The van der Waals surface area contributed by atoms with Crippen molar-refractivity contribution in [3.63, 3.8) is 0 Å². The van der Waals surface area contributed by atoms with Crippen molar-refractivity contribution in [2.24, 2.45) is 0 Å². The van der Waals surface area contributed by atoms with Gasteiger partial charge in [0.1, 0.15) is 5.52 Å². The van der Waals surface area contributed by atoms with Gasteiger partial charge in [-0.2, -0.15) is 5.10 Å². The maximum absolute atomic E-state index is 16.2. The van der Waals surface area contributed by atoms with E-state index in [1.165, 1.54) is 19.2 Å². The number of hydrogen-bond acceptors (Lipinski definition) is 4. The molecule has 5 rings (SSSR count). The molecule has 0 amide bonds. The van der Waals surface area contributed by atoms with E-state index < -0.39 is 34.4 Å². The van der Waals surface area contributed by atoms with Crippen molar-refractivity contribution in [3.8, 4) is 5.69 Å². The lowest BCUT2D eigenvalue weighted by atomic mass is 9.79. The SMILES string of the molecule is COCC(C)(C)c1c([C@@H]2CC[C@@](C)(C(=O)O)OC2)c2c(F)c3[nH]ncc3cc2n1-c1ccc(F)c(F)c1. The normalized spacial score (nSPS) is 20.7. The third kappa shape index (κ3) is 3.99. The maximum atomic E-state index is 16.2. The molecule has 196 valence electrons. The van der Waals surface area contributed by atoms with E-state index in [9.17, 15) is 18.7 Å². The van der Waals surface area contributed by atoms with Gasteiger partial charge < -0.3 is 19.1 Å². The average Bonchev–Trinajstić information content (AvgIpc) is 3.45. The van der Waals surface area contributed by atoms with Crippen LogP contribution in [0.3, 0.4) is 0 Å². The summed E-state index contributed by atoms with van der Waals surface area (Å²) in [6, 6.07) is 5.34. The zero-order valence-electron chi connectivity index (χ0n) is 21.0. The van der Waals surface area contributed by atoms with Crippen LogP contribution < -0.4 is 0 Å². The predicted octanol–water partition coefficient (Wildman–Crippen LogP) is 5.59. The van der Waals surface area contributed by atoms with Gasteiger partial charge in [-0.3, -0.25) is 5.10 Å². The van der Waals surface area contributed by atoms with E-state index in [1.54, 1.807) is 17.7 Å². The van der Waals surface area contributed by atoms with Crippen molar-refractivity contribution >= 4 is 27.8 Å². The minimum Gasteiger partial charge on any atom is -0.479 e. The number of aliphatic carboxylic acids is 1. The second-order valence-corrected chi connectivity index (χ2v) is 10.5. The number of nitrogens with one attached hydrogen (secondary N) is 1. The quantitative estimate of drug-likeness (QED) is 0.350. The lowest BCUT2D eigenvalue weighted by molar-refractivity contribution is -0.170. The predicted molar refractivity (Wildman–Crippen MR) is 132 cm³/mol. The van der Waals surface area contributed by atoms with Crippen LogP contribution >= 0.6 is 0 Å². The van der Waals surface area contributed by atoms with Crippen molar-refractivity contribution in [2.75, 3.05) is 20.3 Å². The Morgan fingerprint density at radius 2 is 2.05 bits per heavy atom. The highest BCUT2D eigenvalue weighted by molar-refractivity contribution is 6.00. The Morgan fingerprint density at radius 3 is 2.68 bits per heavy atom. The second-order valence-electron chi connectivity index (χ2n) is 10.5. The molecule has 1 aliphatic rings. The lowest BCUT2D eigenvalue weighted by Crippen LogP contribution is -2.43. The Balaban J connectivity index is 1.87. The number of H-pyrrole nitrogens is 1. The topological polar surface area (TPSA) is 89.4 Å². The fraction of sp³-hybridized carbons (Fsp3) is 0.407. The fourth-order valence-corrected chi connectivity index (χ4v) is 5.50. The summed E-state index contributed by atoms with van der Waals surface area (Å²) in [5.74, 6) is -3.96. The first-order valence-corrected chi connectivity index (χ1v) is 12.0. The maximum Gasteiger partial charge on any atom is 0.335 e. The number of rotatable bonds is 6. The minimum atomic E-state index is -1.34. The van der Waals surface area contributed by atoms with Gasteiger partial charge in [0, 0.05) is 46.7 Å². The third-order valence-corrected chi connectivity index (χ3v) is 7.39. The van der Waals surface area contributed by atoms with Gasteiger partial charge in [-0.1, -0.05) is 13.8 Å². The van der Waals surface area contributed by atoms with E-state index in [0.29, 0.717) is 39.7 Å². The summed E-state index contributed by atoms with van der Waals surface area (Å²) in [6.45, 7) is 5.69. The molecule has 1 aliphatic heterocycles. The molecule has 10 heteroatoms. The summed E-state index contributed by atoms with van der Waals surface area (Å²) in [4.78, 5) is 11.8. The summed E-state index contributed by atoms with van der Waals surface area (Å²) in [5, 5.41) is 17.1. The number of hydrogen-bond donors (Lipinski definition) is 2. The first-order valence-electron chi connectivity index (χ1n) is 12.0. The summed E-state index contributed by atoms with van der Waals surface area (Å²) >= 11 is 0. The van der Waals surface area contributed by atoms with Crippen molar-refractivity contribution in [1.29, 1.82) is 0 Å². The summed E-state index contributed by atoms with van der Waals surface area (Å²) in [5.41, 5.74) is 0.235. The molecular weight excluding hydrogens is 487 g/mol. The van der Waals surface area contributed by atoms with Gasteiger partial charge in [0.25, 0.3) is 0 Å². The summed E-state index contributed by atoms with van der Waals surface area (Å²) in [7, 11) is 1.56. The van der Waals surface area contributed by atoms with Crippen LogP contribution in [0.15, 0.2) is 30.5 Å². The Bertz CT molecular complexity index is 1520. The van der Waals surface area contributed by atoms with E-state index in [4.69, 9.17) is 9.47 Å². The highest BCUT2D eigenvalue weighted by Gasteiger charge is 2.43. The van der Waals surface area contributed by atoms with Crippen LogP contribution in [-0.4, -0.2) is 51.8 Å². The number of fused-ring (bicyclic) bond motifs is 2. The molecule has 1 fully saturated rings. The fourth-order valence-electron chi connectivity index (χ4n) is 5.50. The van der Waals surface area contributed by atoms with Crippen LogP contribution in [0.4, 0.5) is 13.2 Å². The molecule has 0 aliphatic carbocycles. The van der Waals surface area contributed by atoms with E-state index >= 15 is 4.39 Å². The molecule has 4 aromatic rings. The second kappa shape index (κ2) is 8.88. The highest BCUT2D eigenvalue weighted by atomic mass is 19.2. The third-order valence-electron chi connectivity index (χ3n) is 7.39. The van der Waals surface area contributed by atoms with E-state index in [1.807, 2.05) is 13.8 Å². The number of carboxylic acid groups (broad SMARTS) is 1. The van der Waals surface area contributed by atoms with Gasteiger partial charge in [0.2, 0.25) is 0 Å². The summed E-state index contributed by atoms with van der Waals surface area (Å²) < 4.78 is 57.7. The minimum absolute atomic E-state index is 0.0518. The molecule has 2 atom stereocenters. The molecule has 7 nitrogen and oxygen atoms in total. The van der Waals surface area contributed by atoms with Gasteiger partial charge in [0.15, 0.2) is 23.1 Å². The molecule has 0 saturated carbocycles. The van der Waals surface area contributed by atoms with Crippen LogP contribution in [0, 0.1) is 17.5 Å². The number of benzene rings is 2. The van der Waals surface area contributed by atoms with Crippen LogP contribution in [-0.2, 0) is 19.7 Å². The van der Waals surface area contributed by atoms with Gasteiger partial charge in [-0.25, -0.2) is 18.0 Å². The van der Waals surface area contributed by atoms with Gasteiger partial charge >= 0.3 is 5.97 Å². The average molecular weight is 516 g/mol. The highest BCUT2D eigenvalue weighted by Crippen LogP contribution is 2.47. The first-order chi connectivity index (χ1) is 17.5. The van der Waals surface area contributed by atoms with Gasteiger partial charge in [-0.15, -0.1) is 0 Å². The number of halogens is 3. The zero-order valence-corrected chi connectivity index (χ0v) is 21.0. The number of carbonyl (C=O) groups is 1. The molecular formula is C27H28F3N3O4. The molecule has 37 heavy (non-hydrogen) atoms. The van der Waals surface area contributed by atoms with Crippen LogP contribution in [0.5, 0.6) is 0 Å². The number of carboxylic acids is 1. The molecule has 0 spiro atoms. The Kier molecular flexibility index (Phi) is 6.07. The van der Waals surface area contributed by atoms with Crippen molar-refractivity contribution in [2.45, 2.75) is 50.5 Å². The van der Waals surface area contributed by atoms with E-state index in [2.05, 4.69) is 10.2 Å². The van der Waals surface area contributed by atoms with Gasteiger partial charge in [0.05, 0.1) is 24.9 Å². The molecule has 0 radical (unpaired) electrons. The van der Waals surface area contributed by atoms with Crippen LogP contribution in [0.25, 0.3) is 27.5 Å². The zero-order chi connectivity index (χ0) is 26.7. The smallest absolute Gasteiger partial charge is 0.335 e. The monoisotopic (exact) mass is 515 g/mol. The number of aromatic nitrogens is 3. The molecule has 2 aromatic heterocycles. The Morgan fingerprint density at radius 1 is 1.30 bits per heavy atom. The van der Waals surface area contributed by atoms with Gasteiger partial charge in [-0.05, 0) is 43.5 Å². The number of aromatic amines is 1.